The zero-order chi connectivity index (χ0) is 16.1. The van der Waals surface area contributed by atoms with Gasteiger partial charge in [0.05, 0.1) is 5.92 Å². The molecule has 2 aromatic rings. The summed E-state index contributed by atoms with van der Waals surface area (Å²) in [6.07, 6.45) is 2.17. The highest BCUT2D eigenvalue weighted by Gasteiger charge is 2.47. The number of carboxylic acid groups (broad SMARTS) is 1. The number of amides is 1. The van der Waals surface area contributed by atoms with E-state index in [1.165, 1.54) is 0 Å². The fourth-order valence-corrected chi connectivity index (χ4v) is 3.82. The fourth-order valence-electron chi connectivity index (χ4n) is 3.64. The second-order valence-corrected chi connectivity index (χ2v) is 7.01. The average Bonchev–Trinajstić information content (AvgIpc) is 3.11. The molecule has 0 radical (unpaired) electrons. The van der Waals surface area contributed by atoms with Crippen molar-refractivity contribution in [3.05, 3.63) is 35.0 Å². The molecule has 2 aliphatic rings. The van der Waals surface area contributed by atoms with Crippen LogP contribution in [-0.4, -0.2) is 40.0 Å². The third-order valence-electron chi connectivity index (χ3n) is 5.01. The summed E-state index contributed by atoms with van der Waals surface area (Å²) in [6, 6.07) is 7.23. The normalized spacial score (nSPS) is 24.3. The number of nitrogens with zero attached hydrogens (tertiary/aromatic N) is 1. The largest absolute Gasteiger partial charge is 0.481 e. The maximum atomic E-state index is 12.7. The predicted octanol–water partition coefficient (Wildman–Crippen LogP) is 3.00. The van der Waals surface area contributed by atoms with Crippen molar-refractivity contribution in [1.82, 2.24) is 9.88 Å². The van der Waals surface area contributed by atoms with Crippen LogP contribution in [0.3, 0.4) is 0 Å². The molecule has 2 N–H and O–H groups in total. The van der Waals surface area contributed by atoms with Gasteiger partial charge < -0.3 is 15.0 Å². The number of halogens is 1. The molecule has 1 aliphatic carbocycles. The van der Waals surface area contributed by atoms with Gasteiger partial charge in [-0.3, -0.25) is 9.59 Å². The molecule has 1 saturated carbocycles. The van der Waals surface area contributed by atoms with Crippen molar-refractivity contribution in [2.45, 2.75) is 12.8 Å². The highest BCUT2D eigenvalue weighted by Crippen LogP contribution is 2.44. The third-order valence-corrected chi connectivity index (χ3v) is 5.25. The number of fused-ring (bicyclic) bond motifs is 1. The molecule has 0 unspecified atom stereocenters. The Morgan fingerprint density at radius 2 is 2.00 bits per heavy atom. The topological polar surface area (TPSA) is 73.4 Å². The Kier molecular flexibility index (Phi) is 3.34. The SMILES string of the molecule is O=C(O)[C@H]1CN(C(=O)c2cc3ccc(Cl)cc3[nH]2)C[C@@H]1C1CC1. The van der Waals surface area contributed by atoms with E-state index in [4.69, 9.17) is 11.6 Å². The van der Waals surface area contributed by atoms with Gasteiger partial charge in [-0.1, -0.05) is 17.7 Å². The minimum atomic E-state index is -0.791. The summed E-state index contributed by atoms with van der Waals surface area (Å²) in [4.78, 5) is 29.0. The highest BCUT2D eigenvalue weighted by atomic mass is 35.5. The van der Waals surface area contributed by atoms with Crippen LogP contribution in [-0.2, 0) is 4.79 Å². The van der Waals surface area contributed by atoms with Gasteiger partial charge >= 0.3 is 5.97 Å². The first-order chi connectivity index (χ1) is 11.0. The molecule has 0 bridgehead atoms. The van der Waals surface area contributed by atoms with Crippen LogP contribution >= 0.6 is 11.6 Å². The van der Waals surface area contributed by atoms with E-state index in [1.54, 1.807) is 23.1 Å². The molecule has 1 aromatic carbocycles. The van der Waals surface area contributed by atoms with Gasteiger partial charge in [0.2, 0.25) is 0 Å². The summed E-state index contributed by atoms with van der Waals surface area (Å²) in [7, 11) is 0. The molecular weight excluding hydrogens is 316 g/mol. The van der Waals surface area contributed by atoms with Gasteiger partial charge in [-0.15, -0.1) is 0 Å². The van der Waals surface area contributed by atoms with Gasteiger partial charge in [-0.2, -0.15) is 0 Å². The smallest absolute Gasteiger partial charge is 0.308 e. The summed E-state index contributed by atoms with van der Waals surface area (Å²) >= 11 is 5.97. The molecule has 23 heavy (non-hydrogen) atoms. The van der Waals surface area contributed by atoms with E-state index in [1.807, 2.05) is 6.07 Å². The lowest BCUT2D eigenvalue weighted by Crippen LogP contribution is -2.30. The number of carboxylic acids is 1. The standard InChI is InChI=1S/C17H17ClN2O3/c18-11-4-3-10-5-15(19-14(10)6-11)16(21)20-7-12(9-1-2-9)13(8-20)17(22)23/h3-6,9,12-13,19H,1-2,7-8H2,(H,22,23)/t12-,13+/m1/s1. The minimum Gasteiger partial charge on any atom is -0.481 e. The minimum absolute atomic E-state index is 0.0928. The number of rotatable bonds is 3. The van der Waals surface area contributed by atoms with Crippen molar-refractivity contribution in [1.29, 1.82) is 0 Å². The first-order valence-electron chi connectivity index (χ1n) is 7.83. The van der Waals surface area contributed by atoms with Crippen LogP contribution in [0.5, 0.6) is 0 Å². The van der Waals surface area contributed by atoms with Crippen molar-refractivity contribution in [2.24, 2.45) is 17.8 Å². The number of H-pyrrole nitrogens is 1. The van der Waals surface area contributed by atoms with Crippen LogP contribution in [0, 0.1) is 17.8 Å². The number of benzene rings is 1. The molecule has 1 saturated heterocycles. The Bertz CT molecular complexity index is 796. The summed E-state index contributed by atoms with van der Waals surface area (Å²) < 4.78 is 0. The van der Waals surface area contributed by atoms with Gasteiger partial charge in [0.1, 0.15) is 5.69 Å². The molecule has 120 valence electrons. The summed E-state index contributed by atoms with van der Waals surface area (Å²) in [6.45, 7) is 0.835. The van der Waals surface area contributed by atoms with Gasteiger partial charge in [0.25, 0.3) is 5.91 Å². The average molecular weight is 333 g/mol. The molecule has 2 fully saturated rings. The number of carbonyl (C=O) groups is 2. The Morgan fingerprint density at radius 3 is 2.70 bits per heavy atom. The van der Waals surface area contributed by atoms with E-state index in [-0.39, 0.29) is 11.8 Å². The molecular formula is C17H17ClN2O3. The molecule has 1 aromatic heterocycles. The fraction of sp³-hybridized carbons (Fsp3) is 0.412. The van der Waals surface area contributed by atoms with Crippen LogP contribution in [0.2, 0.25) is 5.02 Å². The van der Waals surface area contributed by atoms with E-state index in [9.17, 15) is 14.7 Å². The van der Waals surface area contributed by atoms with Crippen molar-refractivity contribution >= 4 is 34.4 Å². The zero-order valence-corrected chi connectivity index (χ0v) is 13.2. The maximum absolute atomic E-state index is 12.7. The number of carbonyl (C=O) groups excluding carboxylic acids is 1. The number of nitrogens with one attached hydrogen (secondary N) is 1. The highest BCUT2D eigenvalue weighted by molar-refractivity contribution is 6.31. The maximum Gasteiger partial charge on any atom is 0.308 e. The van der Waals surface area contributed by atoms with E-state index in [0.29, 0.717) is 29.7 Å². The second kappa shape index (κ2) is 5.27. The van der Waals surface area contributed by atoms with Crippen LogP contribution in [0.25, 0.3) is 10.9 Å². The first kappa shape index (κ1) is 14.6. The van der Waals surface area contributed by atoms with Gasteiger partial charge in [0, 0.05) is 29.0 Å². The molecule has 0 spiro atoms. The van der Waals surface area contributed by atoms with Gasteiger partial charge in [-0.25, -0.2) is 0 Å². The Balaban J connectivity index is 1.59. The molecule has 2 heterocycles. The molecule has 1 aliphatic heterocycles. The van der Waals surface area contributed by atoms with Crippen LogP contribution in [0.4, 0.5) is 0 Å². The van der Waals surface area contributed by atoms with Crippen molar-refractivity contribution in [3.8, 4) is 0 Å². The number of hydrogen-bond donors (Lipinski definition) is 2. The van der Waals surface area contributed by atoms with Gasteiger partial charge in [0.15, 0.2) is 0 Å². The molecule has 4 rings (SSSR count). The lowest BCUT2D eigenvalue weighted by molar-refractivity contribution is -0.142. The Labute approximate surface area is 138 Å². The van der Waals surface area contributed by atoms with Crippen molar-refractivity contribution < 1.29 is 14.7 Å². The molecule has 1 amide bonds. The number of aromatic amines is 1. The molecule has 5 nitrogen and oxygen atoms in total. The van der Waals surface area contributed by atoms with Crippen LogP contribution in [0.1, 0.15) is 23.3 Å². The summed E-state index contributed by atoms with van der Waals surface area (Å²) in [5.41, 5.74) is 1.30. The Morgan fingerprint density at radius 1 is 1.22 bits per heavy atom. The first-order valence-corrected chi connectivity index (χ1v) is 8.21. The second-order valence-electron chi connectivity index (χ2n) is 6.57. The third kappa shape index (κ3) is 2.59. The van der Waals surface area contributed by atoms with Crippen LogP contribution < -0.4 is 0 Å². The van der Waals surface area contributed by atoms with E-state index in [2.05, 4.69) is 4.98 Å². The quantitative estimate of drug-likeness (QED) is 0.907. The Hall–Kier alpha value is -2.01. The van der Waals surface area contributed by atoms with E-state index in [0.717, 1.165) is 23.7 Å². The molecule has 2 atom stereocenters. The van der Waals surface area contributed by atoms with Gasteiger partial charge in [-0.05, 0) is 42.9 Å². The number of likely N-dealkylation sites (tertiary alicyclic amines) is 1. The number of aromatic nitrogens is 1. The summed E-state index contributed by atoms with van der Waals surface area (Å²) in [5.74, 6) is -0.802. The monoisotopic (exact) mass is 332 g/mol. The predicted molar refractivity (Wildman–Crippen MR) is 86.6 cm³/mol. The number of aliphatic carboxylic acids is 1. The van der Waals surface area contributed by atoms with E-state index >= 15 is 0 Å². The number of hydrogen-bond acceptors (Lipinski definition) is 2. The summed E-state index contributed by atoms with van der Waals surface area (Å²) in [5, 5.41) is 10.9. The van der Waals surface area contributed by atoms with E-state index < -0.39 is 11.9 Å². The molecule has 6 heteroatoms. The van der Waals surface area contributed by atoms with Crippen LogP contribution in [0.15, 0.2) is 24.3 Å². The van der Waals surface area contributed by atoms with Crippen molar-refractivity contribution in [2.75, 3.05) is 13.1 Å². The lowest BCUT2D eigenvalue weighted by Gasteiger charge is -2.15. The van der Waals surface area contributed by atoms with Crippen molar-refractivity contribution in [3.63, 3.8) is 0 Å². The zero-order valence-electron chi connectivity index (χ0n) is 12.5. The lowest BCUT2D eigenvalue weighted by atomic mass is 9.92.